The van der Waals surface area contributed by atoms with Crippen LogP contribution in [0.4, 0.5) is 5.69 Å². The number of carbonyl (C=O) groups excluding carboxylic acids is 1. The first-order chi connectivity index (χ1) is 11.4. The van der Waals surface area contributed by atoms with Gasteiger partial charge in [0.15, 0.2) is 0 Å². The largest absolute Gasteiger partial charge is 0.488 e. The van der Waals surface area contributed by atoms with E-state index in [0.29, 0.717) is 6.54 Å². The van der Waals surface area contributed by atoms with Gasteiger partial charge in [-0.1, -0.05) is 12.1 Å². The zero-order valence-corrected chi connectivity index (χ0v) is 15.0. The second-order valence-electron chi connectivity index (χ2n) is 6.79. The summed E-state index contributed by atoms with van der Waals surface area (Å²) >= 11 is 5.78. The van der Waals surface area contributed by atoms with Gasteiger partial charge in [-0.3, -0.25) is 9.48 Å². The van der Waals surface area contributed by atoms with Crippen LogP contribution in [0.2, 0.25) is 0 Å². The summed E-state index contributed by atoms with van der Waals surface area (Å²) in [5.41, 5.74) is 2.87. The van der Waals surface area contributed by atoms with Crippen LogP contribution in [0.5, 0.6) is 5.75 Å². The molecule has 5 nitrogen and oxygen atoms in total. The van der Waals surface area contributed by atoms with Gasteiger partial charge < -0.3 is 9.64 Å². The lowest BCUT2D eigenvalue weighted by molar-refractivity contribution is -0.116. The first-order valence-corrected chi connectivity index (χ1v) is 8.57. The molecule has 3 rings (SSSR count). The third kappa shape index (κ3) is 3.56. The van der Waals surface area contributed by atoms with Crippen LogP contribution in [-0.2, 0) is 24.8 Å². The van der Waals surface area contributed by atoms with Gasteiger partial charge in [-0.25, -0.2) is 0 Å². The molecule has 0 saturated carbocycles. The molecule has 0 bridgehead atoms. The van der Waals surface area contributed by atoms with E-state index in [1.165, 1.54) is 5.56 Å². The average Bonchev–Trinajstić information content (AvgIpc) is 2.97. The van der Waals surface area contributed by atoms with Gasteiger partial charge >= 0.3 is 0 Å². The quantitative estimate of drug-likeness (QED) is 0.797. The zero-order chi connectivity index (χ0) is 17.3. The molecule has 0 unspecified atom stereocenters. The fourth-order valence-corrected chi connectivity index (χ4v) is 3.08. The number of aromatic nitrogens is 2. The Hall–Kier alpha value is -2.01. The molecule has 0 atom stereocenters. The third-order valence-electron chi connectivity index (χ3n) is 4.27. The number of benzene rings is 1. The highest BCUT2D eigenvalue weighted by Crippen LogP contribution is 2.33. The monoisotopic (exact) mass is 347 g/mol. The highest BCUT2D eigenvalue weighted by atomic mass is 35.5. The van der Waals surface area contributed by atoms with Crippen molar-refractivity contribution in [1.29, 1.82) is 0 Å². The number of anilines is 1. The number of halogens is 1. The van der Waals surface area contributed by atoms with Crippen molar-refractivity contribution in [3.05, 3.63) is 41.7 Å². The second-order valence-corrected chi connectivity index (χ2v) is 7.06. The van der Waals surface area contributed by atoms with E-state index < -0.39 is 0 Å². The third-order valence-corrected chi connectivity index (χ3v) is 4.50. The normalized spacial score (nSPS) is 15.5. The van der Waals surface area contributed by atoms with Crippen molar-refractivity contribution in [3.8, 4) is 5.75 Å². The molecule has 0 radical (unpaired) electrons. The predicted octanol–water partition coefficient (Wildman–Crippen LogP) is 3.30. The summed E-state index contributed by atoms with van der Waals surface area (Å²) < 4.78 is 7.69. The van der Waals surface area contributed by atoms with Crippen LogP contribution in [0, 0.1) is 0 Å². The van der Waals surface area contributed by atoms with E-state index in [1.807, 2.05) is 25.4 Å². The van der Waals surface area contributed by atoms with Crippen molar-refractivity contribution in [2.45, 2.75) is 38.8 Å². The van der Waals surface area contributed by atoms with Crippen molar-refractivity contribution in [1.82, 2.24) is 9.78 Å². The Morgan fingerprint density at radius 1 is 1.46 bits per heavy atom. The van der Waals surface area contributed by atoms with Gasteiger partial charge in [0.25, 0.3) is 0 Å². The molecule has 128 valence electrons. The minimum Gasteiger partial charge on any atom is -0.488 e. The van der Waals surface area contributed by atoms with Gasteiger partial charge in [-0.2, -0.15) is 5.10 Å². The Labute approximate surface area is 147 Å². The molecule has 24 heavy (non-hydrogen) atoms. The summed E-state index contributed by atoms with van der Waals surface area (Å²) in [6.07, 6.45) is 5.45. The van der Waals surface area contributed by atoms with Gasteiger partial charge in [0.2, 0.25) is 5.91 Å². The molecular formula is C18H22ClN3O2. The lowest BCUT2D eigenvalue weighted by Gasteiger charge is -2.33. The Morgan fingerprint density at radius 2 is 2.25 bits per heavy atom. The van der Waals surface area contributed by atoms with Crippen LogP contribution in [-0.4, -0.2) is 27.2 Å². The van der Waals surface area contributed by atoms with E-state index in [9.17, 15) is 4.79 Å². The van der Waals surface area contributed by atoms with Crippen molar-refractivity contribution in [2.24, 2.45) is 7.05 Å². The lowest BCUT2D eigenvalue weighted by atomic mass is 9.93. The molecule has 0 fully saturated rings. The molecule has 0 N–H and O–H groups in total. The van der Waals surface area contributed by atoms with Gasteiger partial charge in [0.05, 0.1) is 18.4 Å². The van der Waals surface area contributed by atoms with Crippen LogP contribution in [0.15, 0.2) is 30.6 Å². The van der Waals surface area contributed by atoms with Crippen LogP contribution < -0.4 is 9.64 Å². The Balaban J connectivity index is 1.84. The number of rotatable bonds is 4. The van der Waals surface area contributed by atoms with Crippen molar-refractivity contribution < 1.29 is 9.53 Å². The maximum Gasteiger partial charge on any atom is 0.242 e. The molecule has 1 aliphatic rings. The number of amides is 1. The average molecular weight is 348 g/mol. The van der Waals surface area contributed by atoms with Crippen LogP contribution in [0.25, 0.3) is 0 Å². The molecule has 1 aromatic heterocycles. The number of ether oxygens (including phenoxy) is 1. The van der Waals surface area contributed by atoms with E-state index in [0.717, 1.165) is 29.8 Å². The number of carbonyl (C=O) groups is 1. The molecular weight excluding hydrogens is 326 g/mol. The molecule has 1 amide bonds. The minimum absolute atomic E-state index is 0.0584. The smallest absolute Gasteiger partial charge is 0.242 e. The number of hydrogen-bond acceptors (Lipinski definition) is 3. The Morgan fingerprint density at radius 3 is 2.92 bits per heavy atom. The molecule has 2 heterocycles. The van der Waals surface area contributed by atoms with E-state index in [1.54, 1.807) is 15.8 Å². The van der Waals surface area contributed by atoms with Gasteiger partial charge in [-0.05, 0) is 43.9 Å². The summed E-state index contributed by atoms with van der Waals surface area (Å²) in [7, 11) is 1.82. The van der Waals surface area contributed by atoms with Crippen LogP contribution in [0.3, 0.4) is 0 Å². The maximum atomic E-state index is 12.2. The van der Waals surface area contributed by atoms with Gasteiger partial charge in [0, 0.05) is 13.2 Å². The summed E-state index contributed by atoms with van der Waals surface area (Å²) in [6, 6.07) is 6.12. The van der Waals surface area contributed by atoms with E-state index in [2.05, 4.69) is 25.0 Å². The summed E-state index contributed by atoms with van der Waals surface area (Å²) in [5.74, 6) is 0.739. The minimum atomic E-state index is -0.139. The number of nitrogens with zero attached hydrogens (tertiary/aromatic N) is 3. The van der Waals surface area contributed by atoms with Gasteiger partial charge in [-0.15, -0.1) is 11.6 Å². The van der Waals surface area contributed by atoms with E-state index in [4.69, 9.17) is 16.3 Å². The summed E-state index contributed by atoms with van der Waals surface area (Å²) in [6.45, 7) is 4.67. The zero-order valence-electron chi connectivity index (χ0n) is 14.3. The Kier molecular flexibility index (Phi) is 4.54. The fourth-order valence-electron chi connectivity index (χ4n) is 2.94. The predicted molar refractivity (Wildman–Crippen MR) is 94.6 cm³/mol. The lowest BCUT2D eigenvalue weighted by Crippen LogP contribution is -2.33. The molecule has 0 spiro atoms. The van der Waals surface area contributed by atoms with Crippen LogP contribution in [0.1, 0.15) is 31.4 Å². The molecule has 1 aromatic carbocycles. The highest BCUT2D eigenvalue weighted by Gasteiger charge is 2.27. The number of alkyl halides is 1. The molecule has 0 saturated heterocycles. The molecule has 1 aliphatic heterocycles. The summed E-state index contributed by atoms with van der Waals surface area (Å²) in [4.78, 5) is 13.9. The maximum absolute atomic E-state index is 12.2. The number of hydrogen-bond donors (Lipinski definition) is 0. The van der Waals surface area contributed by atoms with Crippen molar-refractivity contribution >= 4 is 23.2 Å². The highest BCUT2D eigenvalue weighted by molar-refractivity contribution is 6.29. The first-order valence-electron chi connectivity index (χ1n) is 8.04. The second kappa shape index (κ2) is 6.48. The fraction of sp³-hybridized carbons (Fsp3) is 0.444. The SMILES string of the molecule is Cn1cc(N(Cc2ccc3c(c2)CCC(C)(C)O3)C(=O)CCl)cn1. The molecule has 0 aliphatic carbocycles. The standard InChI is InChI=1S/C18H22ClN3O2/c1-18(2)7-6-14-8-13(4-5-16(14)24-18)11-22(17(23)9-19)15-10-20-21(3)12-15/h4-5,8,10,12H,6-7,9,11H2,1-3H3. The molecule has 6 heteroatoms. The van der Waals surface area contributed by atoms with E-state index in [-0.39, 0.29) is 17.4 Å². The van der Waals surface area contributed by atoms with Crippen molar-refractivity contribution in [2.75, 3.05) is 10.8 Å². The van der Waals surface area contributed by atoms with Gasteiger partial charge in [0.1, 0.15) is 17.2 Å². The topological polar surface area (TPSA) is 47.4 Å². The first kappa shape index (κ1) is 16.8. The number of fused-ring (bicyclic) bond motifs is 1. The van der Waals surface area contributed by atoms with Crippen LogP contribution >= 0.6 is 11.6 Å². The molecule has 2 aromatic rings. The number of aryl methyl sites for hydroxylation is 2. The van der Waals surface area contributed by atoms with Crippen molar-refractivity contribution in [3.63, 3.8) is 0 Å². The van der Waals surface area contributed by atoms with E-state index >= 15 is 0 Å². The summed E-state index contributed by atoms with van der Waals surface area (Å²) in [5, 5.41) is 4.14. The Bertz CT molecular complexity index is 754.